The van der Waals surface area contributed by atoms with Gasteiger partial charge in [0.25, 0.3) is 5.91 Å². The number of aryl methyl sites for hydroxylation is 2. The Hall–Kier alpha value is -3.67. The van der Waals surface area contributed by atoms with E-state index in [0.29, 0.717) is 11.5 Å². The van der Waals surface area contributed by atoms with E-state index in [1.54, 1.807) is 7.05 Å². The average molecular weight is 426 g/mol. The Labute approximate surface area is 187 Å². The van der Waals surface area contributed by atoms with Crippen molar-refractivity contribution in [2.24, 2.45) is 0 Å². The lowest BCUT2D eigenvalue weighted by Crippen LogP contribution is -2.18. The number of hydrogen-bond donors (Lipinski definition) is 2. The summed E-state index contributed by atoms with van der Waals surface area (Å²) in [5.41, 5.74) is 6.17. The van der Waals surface area contributed by atoms with Crippen molar-refractivity contribution in [3.05, 3.63) is 82.7 Å². The minimum absolute atomic E-state index is 0.0932. The van der Waals surface area contributed by atoms with Crippen LogP contribution in [0.25, 0.3) is 16.9 Å². The van der Waals surface area contributed by atoms with Gasteiger partial charge in [0.1, 0.15) is 5.82 Å². The summed E-state index contributed by atoms with van der Waals surface area (Å²) in [4.78, 5) is 22.4. The van der Waals surface area contributed by atoms with E-state index in [2.05, 4.69) is 39.5 Å². The van der Waals surface area contributed by atoms with Crippen LogP contribution in [0.5, 0.6) is 0 Å². The number of rotatable bonds is 5. The van der Waals surface area contributed by atoms with Crippen LogP contribution in [0.1, 0.15) is 45.7 Å². The summed E-state index contributed by atoms with van der Waals surface area (Å²) in [5, 5.41) is 7.21. The molecular weight excluding hydrogens is 398 g/mol. The molecule has 2 N–H and O–H groups in total. The van der Waals surface area contributed by atoms with Crippen LogP contribution in [0.15, 0.2) is 54.6 Å². The number of aromatic nitrogens is 3. The Morgan fingerprint density at radius 2 is 1.84 bits per heavy atom. The maximum Gasteiger partial charge on any atom is 0.251 e. The molecule has 6 heteroatoms. The van der Waals surface area contributed by atoms with E-state index < -0.39 is 0 Å². The van der Waals surface area contributed by atoms with Crippen molar-refractivity contribution in [3.8, 4) is 5.95 Å². The van der Waals surface area contributed by atoms with Gasteiger partial charge in [-0.3, -0.25) is 9.36 Å². The van der Waals surface area contributed by atoms with Gasteiger partial charge in [0.15, 0.2) is 0 Å². The highest BCUT2D eigenvalue weighted by molar-refractivity contribution is 6.07. The van der Waals surface area contributed by atoms with Gasteiger partial charge in [0.2, 0.25) is 5.95 Å². The van der Waals surface area contributed by atoms with Crippen molar-refractivity contribution in [2.45, 2.75) is 39.2 Å². The maximum atomic E-state index is 12.4. The molecule has 0 spiro atoms. The summed E-state index contributed by atoms with van der Waals surface area (Å²) >= 11 is 0. The zero-order chi connectivity index (χ0) is 22.1. The molecule has 162 valence electrons. The third-order valence-electron chi connectivity index (χ3n) is 6.18. The first-order valence-electron chi connectivity index (χ1n) is 11.2. The van der Waals surface area contributed by atoms with Crippen LogP contribution >= 0.6 is 0 Å². The summed E-state index contributed by atoms with van der Waals surface area (Å²) < 4.78 is 2.06. The number of carbonyl (C=O) groups is 1. The topological polar surface area (TPSA) is 71.8 Å². The van der Waals surface area contributed by atoms with Gasteiger partial charge in [0.05, 0.1) is 11.2 Å². The lowest BCUT2D eigenvalue weighted by Gasteiger charge is -2.21. The summed E-state index contributed by atoms with van der Waals surface area (Å²) in [5.74, 6) is 1.48. The van der Waals surface area contributed by atoms with E-state index in [-0.39, 0.29) is 5.91 Å². The normalized spacial score (nSPS) is 13.1. The Morgan fingerprint density at radius 3 is 2.66 bits per heavy atom. The molecule has 2 aromatic carbocycles. The van der Waals surface area contributed by atoms with Crippen molar-refractivity contribution in [1.29, 1.82) is 0 Å². The van der Waals surface area contributed by atoms with Crippen molar-refractivity contribution in [1.82, 2.24) is 19.9 Å². The zero-order valence-electron chi connectivity index (χ0n) is 18.5. The van der Waals surface area contributed by atoms with Crippen LogP contribution in [0, 0.1) is 6.92 Å². The molecular formula is C26H27N5O. The molecule has 0 fully saturated rings. The van der Waals surface area contributed by atoms with Gasteiger partial charge in [-0.2, -0.15) is 4.98 Å². The minimum Gasteiger partial charge on any atom is -0.366 e. The minimum atomic E-state index is -0.0932. The highest BCUT2D eigenvalue weighted by Gasteiger charge is 2.21. The molecule has 0 unspecified atom stereocenters. The van der Waals surface area contributed by atoms with Crippen LogP contribution in [0.4, 0.5) is 5.82 Å². The first-order chi connectivity index (χ1) is 15.7. The summed E-state index contributed by atoms with van der Waals surface area (Å²) in [6.07, 6.45) is 4.27. The van der Waals surface area contributed by atoms with Crippen molar-refractivity contribution in [2.75, 3.05) is 12.4 Å². The van der Waals surface area contributed by atoms with Gasteiger partial charge in [0, 0.05) is 35.8 Å². The van der Waals surface area contributed by atoms with Gasteiger partial charge in [-0.15, -0.1) is 0 Å². The second-order valence-electron chi connectivity index (χ2n) is 8.28. The number of nitrogens with zero attached hydrogens (tertiary/aromatic N) is 3. The van der Waals surface area contributed by atoms with Crippen LogP contribution in [-0.4, -0.2) is 27.5 Å². The largest absolute Gasteiger partial charge is 0.366 e. The number of amides is 1. The Balaban J connectivity index is 1.62. The second kappa shape index (κ2) is 8.46. The highest BCUT2D eigenvalue weighted by Crippen LogP contribution is 2.30. The third kappa shape index (κ3) is 3.62. The predicted molar refractivity (Wildman–Crippen MR) is 127 cm³/mol. The van der Waals surface area contributed by atoms with Crippen molar-refractivity contribution < 1.29 is 4.79 Å². The van der Waals surface area contributed by atoms with E-state index in [1.807, 2.05) is 37.3 Å². The summed E-state index contributed by atoms with van der Waals surface area (Å²) in [6, 6.07) is 18.2. The van der Waals surface area contributed by atoms with E-state index >= 15 is 0 Å². The van der Waals surface area contributed by atoms with Gasteiger partial charge in [-0.05, 0) is 56.4 Å². The molecule has 5 rings (SSSR count). The van der Waals surface area contributed by atoms with Gasteiger partial charge in [-0.1, -0.05) is 36.4 Å². The number of nitrogens with one attached hydrogen (secondary N) is 2. The van der Waals surface area contributed by atoms with E-state index in [9.17, 15) is 4.79 Å². The smallest absolute Gasteiger partial charge is 0.251 e. The van der Waals surface area contributed by atoms with Gasteiger partial charge >= 0.3 is 0 Å². The molecule has 32 heavy (non-hydrogen) atoms. The molecule has 0 bridgehead atoms. The number of carbonyl (C=O) groups excluding carboxylic acids is 1. The van der Waals surface area contributed by atoms with Gasteiger partial charge in [-0.25, -0.2) is 4.98 Å². The fraction of sp³-hybridized carbons (Fsp3) is 0.269. The maximum absolute atomic E-state index is 12.4. The lowest BCUT2D eigenvalue weighted by molar-refractivity contribution is 0.0964. The number of benzene rings is 2. The molecule has 1 aliphatic rings. The van der Waals surface area contributed by atoms with Gasteiger partial charge < -0.3 is 10.6 Å². The third-order valence-corrected chi connectivity index (χ3v) is 6.18. The second-order valence-corrected chi connectivity index (χ2v) is 8.28. The molecule has 1 aliphatic carbocycles. The first-order valence-corrected chi connectivity index (χ1v) is 11.2. The molecule has 6 nitrogen and oxygen atoms in total. The molecule has 0 aliphatic heterocycles. The predicted octanol–water partition coefficient (Wildman–Crippen LogP) is 4.58. The van der Waals surface area contributed by atoms with E-state index in [1.165, 1.54) is 11.1 Å². The molecule has 0 saturated carbocycles. The Bertz CT molecular complexity index is 1290. The Kier molecular flexibility index (Phi) is 5.35. The quantitative estimate of drug-likeness (QED) is 0.491. The van der Waals surface area contributed by atoms with Crippen LogP contribution in [-0.2, 0) is 19.4 Å². The number of anilines is 1. The van der Waals surface area contributed by atoms with E-state index in [4.69, 9.17) is 9.97 Å². The molecule has 0 radical (unpaired) electrons. The van der Waals surface area contributed by atoms with Crippen LogP contribution in [0.2, 0.25) is 0 Å². The fourth-order valence-corrected chi connectivity index (χ4v) is 4.57. The summed E-state index contributed by atoms with van der Waals surface area (Å²) in [6.45, 7) is 2.75. The SMILES string of the molecule is CNC(=O)c1cccc2c1cc(C)n2-c1nc2c(c(NCc3ccccc3)n1)CCCC2. The number of hydrogen-bond acceptors (Lipinski definition) is 4. The zero-order valence-corrected chi connectivity index (χ0v) is 18.5. The standard InChI is InChI=1S/C26H27N5O/c1-17-15-21-19(25(32)27-2)12-8-14-23(21)31(17)26-29-22-13-7-6-11-20(22)24(30-26)28-16-18-9-4-3-5-10-18/h3-5,8-10,12,14-15H,6-7,11,13,16H2,1-2H3,(H,27,32)(H,28,29,30). The fourth-order valence-electron chi connectivity index (χ4n) is 4.57. The monoisotopic (exact) mass is 425 g/mol. The van der Waals surface area contributed by atoms with Crippen molar-refractivity contribution in [3.63, 3.8) is 0 Å². The van der Waals surface area contributed by atoms with Crippen LogP contribution < -0.4 is 10.6 Å². The van der Waals surface area contributed by atoms with E-state index in [0.717, 1.165) is 60.3 Å². The lowest BCUT2D eigenvalue weighted by atomic mass is 9.96. The highest BCUT2D eigenvalue weighted by atomic mass is 16.1. The molecule has 2 aromatic heterocycles. The molecule has 0 atom stereocenters. The molecule has 4 aromatic rings. The number of fused-ring (bicyclic) bond motifs is 2. The van der Waals surface area contributed by atoms with Crippen molar-refractivity contribution >= 4 is 22.6 Å². The molecule has 2 heterocycles. The molecule has 1 amide bonds. The summed E-state index contributed by atoms with van der Waals surface area (Å²) in [7, 11) is 1.66. The Morgan fingerprint density at radius 1 is 1.03 bits per heavy atom. The first kappa shape index (κ1) is 20.2. The molecule has 0 saturated heterocycles. The van der Waals surface area contributed by atoms with Crippen LogP contribution in [0.3, 0.4) is 0 Å². The average Bonchev–Trinajstić information content (AvgIpc) is 3.18.